The summed E-state index contributed by atoms with van der Waals surface area (Å²) >= 11 is 0. The van der Waals surface area contributed by atoms with Crippen molar-refractivity contribution in [2.45, 2.75) is 25.2 Å². The van der Waals surface area contributed by atoms with Gasteiger partial charge in [-0.2, -0.15) is 0 Å². The second-order valence-corrected chi connectivity index (χ2v) is 3.34. The molecule has 0 heterocycles. The maximum absolute atomic E-state index is 3.27. The van der Waals surface area contributed by atoms with Crippen molar-refractivity contribution < 1.29 is 0 Å². The van der Waals surface area contributed by atoms with Crippen LogP contribution in [0.3, 0.4) is 0 Å². The Kier molecular flexibility index (Phi) is 1.10. The van der Waals surface area contributed by atoms with E-state index in [2.05, 4.69) is 25.1 Å². The maximum Gasteiger partial charge on any atom is -0.00685 e. The van der Waals surface area contributed by atoms with Crippen LogP contribution in [0.2, 0.25) is 0 Å². The Bertz CT molecular complexity index is 219. The van der Waals surface area contributed by atoms with Gasteiger partial charge in [0.1, 0.15) is 0 Å². The molecule has 51 valence electrons. The van der Waals surface area contributed by atoms with Gasteiger partial charge in [-0.05, 0) is 29.9 Å². The lowest BCUT2D eigenvalue weighted by atomic mass is 9.99. The highest BCUT2D eigenvalue weighted by molar-refractivity contribution is 5.28. The van der Waals surface area contributed by atoms with Crippen LogP contribution < -0.4 is 0 Å². The zero-order chi connectivity index (χ0) is 7.03. The normalized spacial score (nSPS) is 20.5. The minimum absolute atomic E-state index is 0.487. The van der Waals surface area contributed by atoms with Gasteiger partial charge >= 0.3 is 0 Å². The molecule has 0 heteroatoms. The quantitative estimate of drug-likeness (QED) is 0.549. The lowest BCUT2D eigenvalue weighted by Crippen LogP contribution is -1.97. The Morgan fingerprint density at radius 2 is 2.20 bits per heavy atom. The highest BCUT2D eigenvalue weighted by Crippen LogP contribution is 2.46. The fourth-order valence-electron chi connectivity index (χ4n) is 1.23. The molecule has 0 N–H and O–H groups in total. The summed E-state index contributed by atoms with van der Waals surface area (Å²) in [7, 11) is 0. The molecule has 1 aromatic carbocycles. The Morgan fingerprint density at radius 1 is 1.40 bits per heavy atom. The van der Waals surface area contributed by atoms with Gasteiger partial charge in [-0.3, -0.25) is 0 Å². The van der Waals surface area contributed by atoms with Crippen LogP contribution in [0.4, 0.5) is 0 Å². The van der Waals surface area contributed by atoms with Crippen molar-refractivity contribution >= 4 is 0 Å². The van der Waals surface area contributed by atoms with Crippen molar-refractivity contribution in [3.63, 3.8) is 0 Å². The molecule has 0 aromatic heterocycles. The lowest BCUT2D eigenvalue weighted by Gasteiger charge is -2.05. The predicted molar refractivity (Wildman–Crippen MR) is 41.9 cm³/mol. The van der Waals surface area contributed by atoms with Gasteiger partial charge in [-0.25, -0.2) is 0 Å². The summed E-state index contributed by atoms with van der Waals surface area (Å²) in [5.41, 5.74) is 1.87. The third-order valence-electron chi connectivity index (χ3n) is 2.36. The minimum Gasteiger partial charge on any atom is -0.0619 e. The van der Waals surface area contributed by atoms with Crippen molar-refractivity contribution in [3.05, 3.63) is 35.9 Å². The molecule has 1 fully saturated rings. The molecule has 2 rings (SSSR count). The zero-order valence-corrected chi connectivity index (χ0v) is 6.22. The Balaban J connectivity index is 2.35. The first-order valence-corrected chi connectivity index (χ1v) is 3.78. The first-order chi connectivity index (χ1) is 4.81. The summed E-state index contributed by atoms with van der Waals surface area (Å²) < 4.78 is 0. The molecule has 0 atom stereocenters. The summed E-state index contributed by atoms with van der Waals surface area (Å²) in [5, 5.41) is 0. The van der Waals surface area contributed by atoms with Crippen molar-refractivity contribution in [1.82, 2.24) is 0 Å². The van der Waals surface area contributed by atoms with E-state index in [1.807, 2.05) is 12.1 Å². The molecule has 10 heavy (non-hydrogen) atoms. The number of hydrogen-bond acceptors (Lipinski definition) is 0. The molecule has 0 amide bonds. The van der Waals surface area contributed by atoms with Gasteiger partial charge in [-0.15, -0.1) is 0 Å². The van der Waals surface area contributed by atoms with Crippen molar-refractivity contribution in [3.8, 4) is 0 Å². The monoisotopic (exact) mass is 131 g/mol. The molecule has 0 nitrogen and oxygen atoms in total. The Morgan fingerprint density at radius 3 is 2.70 bits per heavy atom. The summed E-state index contributed by atoms with van der Waals surface area (Å²) in [6, 6.07) is 11.6. The Labute approximate surface area is 61.9 Å². The molecule has 0 aliphatic heterocycles. The van der Waals surface area contributed by atoms with Crippen LogP contribution >= 0.6 is 0 Å². The summed E-state index contributed by atoms with van der Waals surface area (Å²) in [4.78, 5) is 0. The predicted octanol–water partition coefficient (Wildman–Crippen LogP) is 2.54. The van der Waals surface area contributed by atoms with Crippen LogP contribution in [0.5, 0.6) is 0 Å². The highest BCUT2D eigenvalue weighted by atomic mass is 14.4. The maximum atomic E-state index is 3.27. The number of benzene rings is 1. The SMILES string of the molecule is CC1(c2[c]cccc2)CC1. The van der Waals surface area contributed by atoms with E-state index in [4.69, 9.17) is 0 Å². The first kappa shape index (κ1) is 5.96. The summed E-state index contributed by atoms with van der Waals surface area (Å²) in [5.74, 6) is 0. The van der Waals surface area contributed by atoms with Gasteiger partial charge in [0.25, 0.3) is 0 Å². The fraction of sp³-hybridized carbons (Fsp3) is 0.400. The topological polar surface area (TPSA) is 0 Å². The first-order valence-electron chi connectivity index (χ1n) is 3.78. The van der Waals surface area contributed by atoms with E-state index in [1.165, 1.54) is 18.4 Å². The summed E-state index contributed by atoms with van der Waals surface area (Å²) in [6.07, 6.45) is 2.68. The van der Waals surface area contributed by atoms with Gasteiger partial charge < -0.3 is 0 Å². The van der Waals surface area contributed by atoms with E-state index in [0.29, 0.717) is 5.41 Å². The molecule has 1 radical (unpaired) electrons. The Hall–Kier alpha value is -0.780. The molecule has 0 spiro atoms. The zero-order valence-electron chi connectivity index (χ0n) is 6.22. The lowest BCUT2D eigenvalue weighted by molar-refractivity contribution is 0.786. The van der Waals surface area contributed by atoms with Crippen molar-refractivity contribution in [2.24, 2.45) is 0 Å². The van der Waals surface area contributed by atoms with E-state index in [-0.39, 0.29) is 0 Å². The third-order valence-corrected chi connectivity index (χ3v) is 2.36. The van der Waals surface area contributed by atoms with E-state index in [1.54, 1.807) is 0 Å². The van der Waals surface area contributed by atoms with Crippen LogP contribution in [-0.4, -0.2) is 0 Å². The molecule has 1 aromatic rings. The van der Waals surface area contributed by atoms with Gasteiger partial charge in [0.2, 0.25) is 0 Å². The fourth-order valence-corrected chi connectivity index (χ4v) is 1.23. The second-order valence-electron chi connectivity index (χ2n) is 3.34. The second kappa shape index (κ2) is 1.85. The van der Waals surface area contributed by atoms with Crippen LogP contribution in [-0.2, 0) is 5.41 Å². The minimum atomic E-state index is 0.487. The number of rotatable bonds is 1. The van der Waals surface area contributed by atoms with Crippen LogP contribution in [0.25, 0.3) is 0 Å². The molecule has 0 bridgehead atoms. The number of hydrogen-bond donors (Lipinski definition) is 0. The van der Waals surface area contributed by atoms with Gasteiger partial charge in [0.15, 0.2) is 0 Å². The van der Waals surface area contributed by atoms with E-state index in [9.17, 15) is 0 Å². The molecule has 0 unspecified atom stereocenters. The van der Waals surface area contributed by atoms with Crippen LogP contribution in [0, 0.1) is 6.07 Å². The van der Waals surface area contributed by atoms with E-state index in [0.717, 1.165) is 0 Å². The van der Waals surface area contributed by atoms with Crippen molar-refractivity contribution in [1.29, 1.82) is 0 Å². The average molecular weight is 131 g/mol. The molecular weight excluding hydrogens is 120 g/mol. The van der Waals surface area contributed by atoms with Gasteiger partial charge in [0, 0.05) is 0 Å². The molecule has 1 aliphatic carbocycles. The van der Waals surface area contributed by atoms with Crippen LogP contribution in [0.15, 0.2) is 24.3 Å². The largest absolute Gasteiger partial charge is 0.0619 e. The van der Waals surface area contributed by atoms with E-state index < -0.39 is 0 Å². The molecule has 1 saturated carbocycles. The summed E-state index contributed by atoms with van der Waals surface area (Å²) in [6.45, 7) is 2.30. The third kappa shape index (κ3) is 0.841. The van der Waals surface area contributed by atoms with Crippen molar-refractivity contribution in [2.75, 3.05) is 0 Å². The standard InChI is InChI=1S/C10H11/c1-10(7-8-10)9-5-3-2-4-6-9/h2-5H,7-8H2,1H3. The molecule has 0 saturated heterocycles. The molecular formula is C10H11. The van der Waals surface area contributed by atoms with Gasteiger partial charge in [0.05, 0.1) is 0 Å². The average Bonchev–Trinajstić information content (AvgIpc) is 2.72. The van der Waals surface area contributed by atoms with Crippen LogP contribution in [0.1, 0.15) is 25.3 Å². The van der Waals surface area contributed by atoms with E-state index >= 15 is 0 Å². The van der Waals surface area contributed by atoms with Gasteiger partial charge in [-0.1, -0.05) is 31.2 Å². The highest BCUT2D eigenvalue weighted by Gasteiger charge is 2.38. The smallest absolute Gasteiger partial charge is 0.00685 e. The molecule has 1 aliphatic rings.